The van der Waals surface area contributed by atoms with E-state index >= 15 is 0 Å². The highest BCUT2D eigenvalue weighted by molar-refractivity contribution is 7.91. The van der Waals surface area contributed by atoms with Gasteiger partial charge < -0.3 is 5.73 Å². The second-order valence-electron chi connectivity index (χ2n) is 6.12. The van der Waals surface area contributed by atoms with Gasteiger partial charge in [0.25, 0.3) is 0 Å². The van der Waals surface area contributed by atoms with Crippen molar-refractivity contribution < 1.29 is 21.6 Å². The highest BCUT2D eigenvalue weighted by Gasteiger charge is 2.35. The first-order valence-electron chi connectivity index (χ1n) is 7.41. The van der Waals surface area contributed by atoms with E-state index in [1.54, 1.807) is 13.8 Å². The summed E-state index contributed by atoms with van der Waals surface area (Å²) in [5.74, 6) is -0.101. The molecule has 0 aliphatic carbocycles. The van der Waals surface area contributed by atoms with Crippen molar-refractivity contribution in [3.05, 3.63) is 47.0 Å². The minimum absolute atomic E-state index is 0.0389. The van der Waals surface area contributed by atoms with E-state index in [9.17, 15) is 21.6 Å². The van der Waals surface area contributed by atoms with Gasteiger partial charge in [-0.1, -0.05) is 37.6 Å². The van der Waals surface area contributed by atoms with Gasteiger partial charge in [-0.05, 0) is 35.7 Å². The summed E-state index contributed by atoms with van der Waals surface area (Å²) < 4.78 is 64.3. The van der Waals surface area contributed by atoms with E-state index in [0.717, 1.165) is 6.07 Å². The number of rotatable bonds is 4. The number of nitrogens with two attached hydrogens (primary N) is 1. The van der Waals surface area contributed by atoms with Crippen LogP contribution in [-0.2, 0) is 16.0 Å². The van der Waals surface area contributed by atoms with Crippen LogP contribution in [0.25, 0.3) is 11.1 Å². The number of hydrogen-bond donors (Lipinski definition) is 1. The van der Waals surface area contributed by atoms with E-state index in [-0.39, 0.29) is 38.4 Å². The summed E-state index contributed by atoms with van der Waals surface area (Å²) in [4.78, 5) is 0.0603. The number of alkyl halides is 3. The molecule has 0 saturated carbocycles. The Morgan fingerprint density at radius 2 is 1.68 bits per heavy atom. The Bertz CT molecular complexity index is 876. The SMILES string of the molecule is CC(C)CS(=O)(=O)c1ccc(-c2c(Cl)cc(N)cc2C(F)(F)F)cc1. The van der Waals surface area contributed by atoms with Gasteiger partial charge in [-0.2, -0.15) is 13.2 Å². The van der Waals surface area contributed by atoms with Crippen LogP contribution in [0.4, 0.5) is 18.9 Å². The number of benzene rings is 2. The number of hydrogen-bond acceptors (Lipinski definition) is 3. The molecule has 0 heterocycles. The Hall–Kier alpha value is -1.73. The molecule has 136 valence electrons. The molecule has 0 aliphatic heterocycles. The number of anilines is 1. The maximum atomic E-state index is 13.3. The van der Waals surface area contributed by atoms with E-state index in [2.05, 4.69) is 0 Å². The molecule has 0 aromatic heterocycles. The summed E-state index contributed by atoms with van der Waals surface area (Å²) in [6.45, 7) is 3.55. The molecule has 2 aromatic carbocycles. The molecule has 0 saturated heterocycles. The summed E-state index contributed by atoms with van der Waals surface area (Å²) in [6, 6.07) is 7.26. The van der Waals surface area contributed by atoms with Gasteiger partial charge >= 0.3 is 6.18 Å². The highest BCUT2D eigenvalue weighted by Crippen LogP contribution is 2.42. The van der Waals surface area contributed by atoms with Crippen LogP contribution in [0.3, 0.4) is 0 Å². The molecule has 0 radical (unpaired) electrons. The minimum atomic E-state index is -4.64. The first-order valence-corrected chi connectivity index (χ1v) is 9.44. The Morgan fingerprint density at radius 3 is 2.16 bits per heavy atom. The molecule has 3 nitrogen and oxygen atoms in total. The monoisotopic (exact) mass is 391 g/mol. The van der Waals surface area contributed by atoms with E-state index in [1.807, 2.05) is 0 Å². The molecule has 0 fully saturated rings. The second-order valence-corrected chi connectivity index (χ2v) is 8.56. The van der Waals surface area contributed by atoms with Crippen molar-refractivity contribution >= 4 is 27.1 Å². The molecule has 0 atom stereocenters. The van der Waals surface area contributed by atoms with Crippen molar-refractivity contribution in [3.8, 4) is 11.1 Å². The summed E-state index contributed by atoms with van der Waals surface area (Å²) in [5, 5.41) is -0.148. The highest BCUT2D eigenvalue weighted by atomic mass is 35.5. The molecule has 0 spiro atoms. The fourth-order valence-electron chi connectivity index (χ4n) is 2.51. The normalized spacial score (nSPS) is 12.6. The van der Waals surface area contributed by atoms with E-state index < -0.39 is 21.6 Å². The standard InChI is InChI=1S/C17H17ClF3NO2S/c1-10(2)9-25(23,24)13-5-3-11(4-6-13)16-14(17(19,20)21)7-12(22)8-15(16)18/h3-8,10H,9,22H2,1-2H3. The van der Waals surface area contributed by atoms with Gasteiger partial charge in [0.05, 0.1) is 21.2 Å². The van der Waals surface area contributed by atoms with Crippen molar-refractivity contribution in [2.45, 2.75) is 24.9 Å². The molecule has 0 aliphatic rings. The molecule has 0 unspecified atom stereocenters. The Balaban J connectivity index is 2.55. The second kappa shape index (κ2) is 6.88. The summed E-state index contributed by atoms with van der Waals surface area (Å²) >= 11 is 5.98. The van der Waals surface area contributed by atoms with Crippen LogP contribution in [-0.4, -0.2) is 14.2 Å². The van der Waals surface area contributed by atoms with Crippen LogP contribution < -0.4 is 5.73 Å². The van der Waals surface area contributed by atoms with Gasteiger partial charge in [-0.25, -0.2) is 8.42 Å². The zero-order valence-electron chi connectivity index (χ0n) is 13.6. The quantitative estimate of drug-likeness (QED) is 0.743. The minimum Gasteiger partial charge on any atom is -0.399 e. The largest absolute Gasteiger partial charge is 0.417 e. The average molecular weight is 392 g/mol. The van der Waals surface area contributed by atoms with Crippen LogP contribution in [0, 0.1) is 5.92 Å². The molecular formula is C17H17ClF3NO2S. The Labute approximate surface area is 149 Å². The third kappa shape index (κ3) is 4.46. The molecule has 0 amide bonds. The zero-order valence-corrected chi connectivity index (χ0v) is 15.1. The lowest BCUT2D eigenvalue weighted by molar-refractivity contribution is -0.137. The van der Waals surface area contributed by atoms with Gasteiger partial charge in [0.2, 0.25) is 0 Å². The lowest BCUT2D eigenvalue weighted by Gasteiger charge is -2.16. The maximum Gasteiger partial charge on any atom is 0.417 e. The molecule has 25 heavy (non-hydrogen) atoms. The predicted molar refractivity (Wildman–Crippen MR) is 93.2 cm³/mol. The summed E-state index contributed by atoms with van der Waals surface area (Å²) in [7, 11) is -3.49. The van der Waals surface area contributed by atoms with Crippen LogP contribution in [0.1, 0.15) is 19.4 Å². The van der Waals surface area contributed by atoms with Crippen molar-refractivity contribution in [1.82, 2.24) is 0 Å². The van der Waals surface area contributed by atoms with Crippen LogP contribution in [0.2, 0.25) is 5.02 Å². The van der Waals surface area contributed by atoms with Crippen LogP contribution in [0.5, 0.6) is 0 Å². The lowest BCUT2D eigenvalue weighted by atomic mass is 9.98. The summed E-state index contributed by atoms with van der Waals surface area (Å²) in [6.07, 6.45) is -4.64. The first-order chi connectivity index (χ1) is 11.4. The average Bonchev–Trinajstić information content (AvgIpc) is 2.44. The maximum absolute atomic E-state index is 13.3. The molecule has 2 aromatic rings. The van der Waals surface area contributed by atoms with Gasteiger partial charge in [0.15, 0.2) is 9.84 Å². The molecular weight excluding hydrogens is 375 g/mol. The fraction of sp³-hybridized carbons (Fsp3) is 0.294. The first kappa shape index (κ1) is 19.6. The third-order valence-electron chi connectivity index (χ3n) is 3.47. The lowest BCUT2D eigenvalue weighted by Crippen LogP contribution is -2.12. The van der Waals surface area contributed by atoms with Crippen LogP contribution >= 0.6 is 11.6 Å². The van der Waals surface area contributed by atoms with Crippen molar-refractivity contribution in [2.24, 2.45) is 5.92 Å². The van der Waals surface area contributed by atoms with Crippen molar-refractivity contribution in [2.75, 3.05) is 11.5 Å². The Kier molecular flexibility index (Phi) is 5.39. The number of halogens is 4. The van der Waals surface area contributed by atoms with Crippen molar-refractivity contribution in [3.63, 3.8) is 0 Å². The third-order valence-corrected chi connectivity index (χ3v) is 5.87. The molecule has 0 bridgehead atoms. The number of sulfone groups is 1. The van der Waals surface area contributed by atoms with Gasteiger partial charge in [-0.3, -0.25) is 0 Å². The van der Waals surface area contributed by atoms with E-state index in [1.165, 1.54) is 30.3 Å². The topological polar surface area (TPSA) is 60.2 Å². The predicted octanol–water partition coefficient (Wildman–Crippen LogP) is 5.04. The van der Waals surface area contributed by atoms with Gasteiger partial charge in [-0.15, -0.1) is 0 Å². The zero-order chi connectivity index (χ0) is 19.0. The summed E-state index contributed by atoms with van der Waals surface area (Å²) in [5.41, 5.74) is 4.35. The Morgan fingerprint density at radius 1 is 1.12 bits per heavy atom. The fourth-order valence-corrected chi connectivity index (χ4v) is 4.47. The molecule has 2 rings (SSSR count). The van der Waals surface area contributed by atoms with Crippen molar-refractivity contribution in [1.29, 1.82) is 0 Å². The van der Waals surface area contributed by atoms with E-state index in [4.69, 9.17) is 17.3 Å². The number of nitrogen functional groups attached to an aromatic ring is 1. The van der Waals surface area contributed by atoms with E-state index in [0.29, 0.717) is 0 Å². The van der Waals surface area contributed by atoms with Gasteiger partial charge in [0.1, 0.15) is 0 Å². The van der Waals surface area contributed by atoms with Gasteiger partial charge in [0, 0.05) is 11.3 Å². The molecule has 2 N–H and O–H groups in total. The van der Waals surface area contributed by atoms with Crippen LogP contribution in [0.15, 0.2) is 41.3 Å². The smallest absolute Gasteiger partial charge is 0.399 e. The molecule has 8 heteroatoms.